The monoisotopic (exact) mass is 224 g/mol. The molecule has 0 atom stereocenters. The van der Waals surface area contributed by atoms with Crippen LogP contribution >= 0.6 is 23.1 Å². The summed E-state index contributed by atoms with van der Waals surface area (Å²) in [5.74, 6) is 0. The lowest BCUT2D eigenvalue weighted by Gasteiger charge is -1.97. The maximum Gasteiger partial charge on any atom is 0.0695 e. The number of hydrogen-bond donors (Lipinski definition) is 1. The van der Waals surface area contributed by atoms with Gasteiger partial charge in [0.15, 0.2) is 0 Å². The zero-order chi connectivity index (χ0) is 10.1. The average Bonchev–Trinajstić information content (AvgIpc) is 2.55. The molecule has 74 valence electrons. The van der Waals surface area contributed by atoms with E-state index in [1.54, 1.807) is 23.1 Å². The van der Waals surface area contributed by atoms with Crippen molar-refractivity contribution in [2.24, 2.45) is 0 Å². The Labute approximate surface area is 91.8 Å². The molecule has 2 rings (SSSR count). The predicted molar refractivity (Wildman–Crippen MR) is 64.3 cm³/mol. The topological polar surface area (TPSA) is 20.2 Å². The fraction of sp³-hybridized carbons (Fsp3) is 0.273. The van der Waals surface area contributed by atoms with Crippen molar-refractivity contribution < 1.29 is 5.11 Å². The van der Waals surface area contributed by atoms with Crippen LogP contribution in [0.15, 0.2) is 22.4 Å². The van der Waals surface area contributed by atoms with E-state index in [0.717, 1.165) is 5.56 Å². The number of hydrogen-bond acceptors (Lipinski definition) is 3. The third-order valence-corrected chi connectivity index (χ3v) is 4.96. The number of thiophene rings is 1. The van der Waals surface area contributed by atoms with Crippen molar-refractivity contribution in [1.82, 2.24) is 0 Å². The van der Waals surface area contributed by atoms with Gasteiger partial charge in [-0.1, -0.05) is 18.2 Å². The van der Waals surface area contributed by atoms with Crippen LogP contribution in [-0.2, 0) is 6.61 Å². The summed E-state index contributed by atoms with van der Waals surface area (Å²) in [7, 11) is 0. The summed E-state index contributed by atoms with van der Waals surface area (Å²) < 4.78 is 2.58. The Morgan fingerprint density at radius 1 is 1.43 bits per heavy atom. The highest BCUT2D eigenvalue weighted by Gasteiger charge is 2.09. The van der Waals surface area contributed by atoms with Gasteiger partial charge in [-0.25, -0.2) is 0 Å². The van der Waals surface area contributed by atoms with Crippen LogP contribution in [0.2, 0.25) is 0 Å². The second kappa shape index (κ2) is 3.93. The quantitative estimate of drug-likeness (QED) is 0.789. The third kappa shape index (κ3) is 1.45. The lowest BCUT2D eigenvalue weighted by atomic mass is 10.1. The van der Waals surface area contributed by atoms with Crippen molar-refractivity contribution in [3.05, 3.63) is 29.3 Å². The van der Waals surface area contributed by atoms with Crippen LogP contribution in [-0.4, -0.2) is 11.4 Å². The number of aliphatic hydroxyl groups excluding tert-OH is 1. The molecule has 0 aliphatic heterocycles. The number of benzene rings is 1. The average molecular weight is 224 g/mol. The van der Waals surface area contributed by atoms with Crippen LogP contribution in [0.3, 0.4) is 0 Å². The highest BCUT2D eigenvalue weighted by molar-refractivity contribution is 8.00. The van der Waals surface area contributed by atoms with E-state index in [0.29, 0.717) is 0 Å². The molecule has 14 heavy (non-hydrogen) atoms. The van der Waals surface area contributed by atoms with Gasteiger partial charge in [0.1, 0.15) is 0 Å². The molecule has 2 aromatic rings. The minimum absolute atomic E-state index is 0.130. The highest BCUT2D eigenvalue weighted by atomic mass is 32.2. The van der Waals surface area contributed by atoms with E-state index in [9.17, 15) is 5.11 Å². The normalized spacial score (nSPS) is 11.1. The fourth-order valence-electron chi connectivity index (χ4n) is 1.60. The van der Waals surface area contributed by atoms with Crippen LogP contribution in [0.1, 0.15) is 11.1 Å². The first-order valence-electron chi connectivity index (χ1n) is 4.43. The SMILES string of the molecule is CSc1sc2c(CO)cccc2c1C. The molecule has 1 heterocycles. The molecule has 0 radical (unpaired) electrons. The van der Waals surface area contributed by atoms with Gasteiger partial charge in [-0.2, -0.15) is 0 Å². The molecule has 0 aliphatic carbocycles. The molecule has 0 saturated heterocycles. The zero-order valence-corrected chi connectivity index (χ0v) is 9.84. The Morgan fingerprint density at radius 3 is 2.86 bits per heavy atom. The highest BCUT2D eigenvalue weighted by Crippen LogP contribution is 2.38. The molecule has 0 amide bonds. The minimum Gasteiger partial charge on any atom is -0.392 e. The summed E-state index contributed by atoms with van der Waals surface area (Å²) in [6, 6.07) is 6.13. The first kappa shape index (κ1) is 10.0. The van der Waals surface area contributed by atoms with Crippen LogP contribution in [0, 0.1) is 6.92 Å². The molecule has 0 spiro atoms. The molecule has 1 N–H and O–H groups in total. The van der Waals surface area contributed by atoms with Crippen LogP contribution in [0.5, 0.6) is 0 Å². The van der Waals surface area contributed by atoms with E-state index in [2.05, 4.69) is 19.2 Å². The largest absolute Gasteiger partial charge is 0.392 e. The molecular weight excluding hydrogens is 212 g/mol. The van der Waals surface area contributed by atoms with Crippen molar-refractivity contribution in [3.63, 3.8) is 0 Å². The Bertz CT molecular complexity index is 460. The first-order chi connectivity index (χ1) is 6.77. The van der Waals surface area contributed by atoms with Gasteiger partial charge in [-0.15, -0.1) is 23.1 Å². The van der Waals surface area contributed by atoms with Crippen molar-refractivity contribution in [2.75, 3.05) is 6.26 Å². The maximum atomic E-state index is 9.21. The Balaban J connectivity index is 2.77. The van der Waals surface area contributed by atoms with Gasteiger partial charge in [0, 0.05) is 4.70 Å². The standard InChI is InChI=1S/C11H12OS2/c1-7-9-5-3-4-8(6-12)10(9)14-11(7)13-2/h3-5,12H,6H2,1-2H3. The summed E-state index contributed by atoms with van der Waals surface area (Å²) in [4.78, 5) is 0. The molecule has 0 fully saturated rings. The van der Waals surface area contributed by atoms with Gasteiger partial charge in [-0.3, -0.25) is 0 Å². The molecule has 1 aromatic heterocycles. The van der Waals surface area contributed by atoms with Crippen LogP contribution in [0.25, 0.3) is 10.1 Å². The predicted octanol–water partition coefficient (Wildman–Crippen LogP) is 3.42. The van der Waals surface area contributed by atoms with Crippen molar-refractivity contribution in [3.8, 4) is 0 Å². The Morgan fingerprint density at radius 2 is 2.21 bits per heavy atom. The Hall–Kier alpha value is -0.510. The molecule has 0 bridgehead atoms. The van der Waals surface area contributed by atoms with Crippen LogP contribution < -0.4 is 0 Å². The number of rotatable bonds is 2. The molecule has 0 unspecified atom stereocenters. The zero-order valence-electron chi connectivity index (χ0n) is 8.20. The van der Waals surface area contributed by atoms with Gasteiger partial charge < -0.3 is 5.11 Å². The van der Waals surface area contributed by atoms with E-state index in [-0.39, 0.29) is 6.61 Å². The fourth-order valence-corrected chi connectivity index (χ4v) is 3.64. The summed E-state index contributed by atoms with van der Waals surface area (Å²) in [5, 5.41) is 10.5. The lowest BCUT2D eigenvalue weighted by molar-refractivity contribution is 0.283. The van der Waals surface area contributed by atoms with Gasteiger partial charge >= 0.3 is 0 Å². The summed E-state index contributed by atoms with van der Waals surface area (Å²) in [6.07, 6.45) is 2.09. The molecule has 3 heteroatoms. The van der Waals surface area contributed by atoms with Gasteiger partial charge in [-0.05, 0) is 29.7 Å². The number of aliphatic hydroxyl groups is 1. The first-order valence-corrected chi connectivity index (χ1v) is 6.48. The number of fused-ring (bicyclic) bond motifs is 1. The smallest absolute Gasteiger partial charge is 0.0695 e. The second-order valence-electron chi connectivity index (χ2n) is 3.17. The molecule has 0 saturated carbocycles. The van der Waals surface area contributed by atoms with E-state index in [1.165, 1.54) is 19.9 Å². The second-order valence-corrected chi connectivity index (χ2v) is 5.27. The van der Waals surface area contributed by atoms with E-state index < -0.39 is 0 Å². The van der Waals surface area contributed by atoms with Gasteiger partial charge in [0.05, 0.1) is 10.8 Å². The lowest BCUT2D eigenvalue weighted by Crippen LogP contribution is -1.81. The number of aryl methyl sites for hydroxylation is 1. The molecular formula is C11H12OS2. The molecule has 1 aromatic carbocycles. The van der Waals surface area contributed by atoms with Crippen LogP contribution in [0.4, 0.5) is 0 Å². The van der Waals surface area contributed by atoms with Gasteiger partial charge in [0.2, 0.25) is 0 Å². The van der Waals surface area contributed by atoms with Crippen molar-refractivity contribution >= 4 is 33.2 Å². The van der Waals surface area contributed by atoms with Gasteiger partial charge in [0.25, 0.3) is 0 Å². The van der Waals surface area contributed by atoms with Crippen molar-refractivity contribution in [1.29, 1.82) is 0 Å². The Kier molecular flexibility index (Phi) is 2.81. The maximum absolute atomic E-state index is 9.21. The molecule has 1 nitrogen and oxygen atoms in total. The van der Waals surface area contributed by atoms with Crippen molar-refractivity contribution in [2.45, 2.75) is 17.7 Å². The van der Waals surface area contributed by atoms with E-state index in [1.807, 2.05) is 12.1 Å². The molecule has 0 aliphatic rings. The summed E-state index contributed by atoms with van der Waals surface area (Å²) in [5.41, 5.74) is 2.38. The van der Waals surface area contributed by atoms with E-state index >= 15 is 0 Å². The van der Waals surface area contributed by atoms with E-state index in [4.69, 9.17) is 0 Å². The number of thioether (sulfide) groups is 1. The summed E-state index contributed by atoms with van der Waals surface area (Å²) in [6.45, 7) is 2.27. The summed E-state index contributed by atoms with van der Waals surface area (Å²) >= 11 is 3.56. The third-order valence-electron chi connectivity index (χ3n) is 2.36. The minimum atomic E-state index is 0.130.